The van der Waals surface area contributed by atoms with Crippen LogP contribution in [0.2, 0.25) is 0 Å². The maximum atomic E-state index is 12.6. The third kappa shape index (κ3) is 4.25. The first-order chi connectivity index (χ1) is 12.7. The average molecular weight is 355 g/mol. The summed E-state index contributed by atoms with van der Waals surface area (Å²) in [5, 5.41) is 2.88. The first-order valence-corrected chi connectivity index (χ1v) is 9.13. The van der Waals surface area contributed by atoms with Gasteiger partial charge in [0, 0.05) is 36.7 Å². The van der Waals surface area contributed by atoms with E-state index in [2.05, 4.69) is 29.0 Å². The number of hydrogen-bond acceptors (Lipinski definition) is 5. The Balaban J connectivity index is 1.74. The number of anilines is 2. The van der Waals surface area contributed by atoms with Crippen LogP contribution in [0, 0.1) is 0 Å². The zero-order valence-corrected chi connectivity index (χ0v) is 15.3. The van der Waals surface area contributed by atoms with Gasteiger partial charge in [-0.2, -0.15) is 0 Å². The number of pyridine rings is 1. The quantitative estimate of drug-likeness (QED) is 0.820. The molecule has 26 heavy (non-hydrogen) atoms. The molecule has 6 heteroatoms. The summed E-state index contributed by atoms with van der Waals surface area (Å²) in [6.45, 7) is 7.28. The van der Waals surface area contributed by atoms with Crippen molar-refractivity contribution < 1.29 is 14.3 Å². The zero-order chi connectivity index (χ0) is 18.4. The van der Waals surface area contributed by atoms with E-state index in [-0.39, 0.29) is 5.91 Å². The Kier molecular flexibility index (Phi) is 5.94. The molecule has 138 valence electrons. The first-order valence-electron chi connectivity index (χ1n) is 9.13. The van der Waals surface area contributed by atoms with E-state index in [1.807, 2.05) is 12.1 Å². The van der Waals surface area contributed by atoms with E-state index in [1.54, 1.807) is 24.4 Å². The van der Waals surface area contributed by atoms with Gasteiger partial charge in [-0.15, -0.1) is 0 Å². The predicted octanol–water partition coefficient (Wildman–Crippen LogP) is 3.73. The molecule has 0 radical (unpaired) electrons. The normalized spacial score (nSPS) is 12.5. The minimum atomic E-state index is -0.239. The van der Waals surface area contributed by atoms with E-state index >= 15 is 0 Å². The molecule has 0 saturated heterocycles. The van der Waals surface area contributed by atoms with E-state index in [1.165, 1.54) is 0 Å². The molecule has 3 rings (SSSR count). The Bertz CT molecular complexity index is 758. The molecule has 0 bridgehead atoms. The van der Waals surface area contributed by atoms with E-state index in [4.69, 9.17) is 9.47 Å². The van der Waals surface area contributed by atoms with Crippen molar-refractivity contribution in [1.82, 2.24) is 4.98 Å². The zero-order valence-electron chi connectivity index (χ0n) is 15.3. The van der Waals surface area contributed by atoms with Gasteiger partial charge in [0.1, 0.15) is 18.9 Å². The van der Waals surface area contributed by atoms with Crippen molar-refractivity contribution in [3.63, 3.8) is 0 Å². The Morgan fingerprint density at radius 3 is 2.54 bits per heavy atom. The number of nitrogens with one attached hydrogen (secondary N) is 1. The molecule has 1 amide bonds. The number of benzene rings is 1. The van der Waals surface area contributed by atoms with Crippen molar-refractivity contribution in [2.75, 3.05) is 36.5 Å². The molecule has 1 aromatic heterocycles. The minimum Gasteiger partial charge on any atom is -0.486 e. The molecule has 1 aliphatic heterocycles. The number of ether oxygens (including phenoxy) is 2. The molecule has 1 aromatic carbocycles. The van der Waals surface area contributed by atoms with Crippen molar-refractivity contribution in [2.24, 2.45) is 0 Å². The molecule has 0 aliphatic carbocycles. The van der Waals surface area contributed by atoms with Crippen LogP contribution < -0.4 is 19.7 Å². The second-order valence-electron chi connectivity index (χ2n) is 6.20. The van der Waals surface area contributed by atoms with E-state index in [0.29, 0.717) is 36.1 Å². The van der Waals surface area contributed by atoms with Gasteiger partial charge in [0.25, 0.3) is 5.91 Å². The Morgan fingerprint density at radius 2 is 1.81 bits per heavy atom. The summed E-state index contributed by atoms with van der Waals surface area (Å²) >= 11 is 0. The van der Waals surface area contributed by atoms with Crippen LogP contribution in [0.4, 0.5) is 11.4 Å². The molecule has 6 nitrogen and oxygen atoms in total. The third-order valence-corrected chi connectivity index (χ3v) is 4.13. The number of hydrogen-bond donors (Lipinski definition) is 1. The van der Waals surface area contributed by atoms with Crippen LogP contribution in [0.25, 0.3) is 0 Å². The molecule has 0 fully saturated rings. The number of amides is 1. The second kappa shape index (κ2) is 8.56. The topological polar surface area (TPSA) is 63.7 Å². The van der Waals surface area contributed by atoms with Crippen LogP contribution >= 0.6 is 0 Å². The fourth-order valence-corrected chi connectivity index (χ4v) is 2.97. The van der Waals surface area contributed by atoms with Crippen LogP contribution in [0.3, 0.4) is 0 Å². The number of carbonyl (C=O) groups is 1. The average Bonchev–Trinajstić information content (AvgIpc) is 2.68. The monoisotopic (exact) mass is 355 g/mol. The van der Waals surface area contributed by atoms with Gasteiger partial charge >= 0.3 is 0 Å². The highest BCUT2D eigenvalue weighted by atomic mass is 16.6. The highest BCUT2D eigenvalue weighted by Gasteiger charge is 2.15. The summed E-state index contributed by atoms with van der Waals surface area (Å²) in [5.41, 5.74) is 2.08. The number of aromatic nitrogens is 1. The summed E-state index contributed by atoms with van der Waals surface area (Å²) < 4.78 is 11.1. The van der Waals surface area contributed by atoms with Gasteiger partial charge in [-0.25, -0.2) is 0 Å². The summed E-state index contributed by atoms with van der Waals surface area (Å²) in [6, 6.07) is 9.18. The van der Waals surface area contributed by atoms with Crippen molar-refractivity contribution in [3.8, 4) is 11.5 Å². The van der Waals surface area contributed by atoms with Crippen LogP contribution in [0.5, 0.6) is 11.5 Å². The standard InChI is InChI=1S/C20H25N3O3/c1-3-9-23(10-4-2)16-7-8-21-17(14-16)20(24)22-15-5-6-18-19(13-15)26-12-11-25-18/h5-8,13-14H,3-4,9-12H2,1-2H3,(H,22,24). The fraction of sp³-hybridized carbons (Fsp3) is 0.400. The van der Waals surface area contributed by atoms with E-state index in [0.717, 1.165) is 31.6 Å². The van der Waals surface area contributed by atoms with Crippen molar-refractivity contribution in [2.45, 2.75) is 26.7 Å². The Morgan fingerprint density at radius 1 is 1.08 bits per heavy atom. The highest BCUT2D eigenvalue weighted by molar-refractivity contribution is 6.03. The molecule has 0 unspecified atom stereocenters. The summed E-state index contributed by atoms with van der Waals surface area (Å²) in [7, 11) is 0. The molecule has 2 heterocycles. The Hall–Kier alpha value is -2.76. The molecule has 2 aromatic rings. The summed E-state index contributed by atoms with van der Waals surface area (Å²) in [6.07, 6.45) is 3.80. The minimum absolute atomic E-state index is 0.239. The maximum absolute atomic E-state index is 12.6. The van der Waals surface area contributed by atoms with Gasteiger partial charge in [0.05, 0.1) is 0 Å². The lowest BCUT2D eigenvalue weighted by Crippen LogP contribution is -2.25. The van der Waals surface area contributed by atoms with Crippen LogP contribution in [-0.2, 0) is 0 Å². The summed E-state index contributed by atoms with van der Waals surface area (Å²) in [4.78, 5) is 19.1. The van der Waals surface area contributed by atoms with Gasteiger partial charge in [-0.3, -0.25) is 9.78 Å². The summed E-state index contributed by atoms with van der Waals surface area (Å²) in [5.74, 6) is 1.11. The highest BCUT2D eigenvalue weighted by Crippen LogP contribution is 2.32. The number of fused-ring (bicyclic) bond motifs is 1. The maximum Gasteiger partial charge on any atom is 0.274 e. The van der Waals surface area contributed by atoms with Crippen molar-refractivity contribution in [3.05, 3.63) is 42.2 Å². The smallest absolute Gasteiger partial charge is 0.274 e. The lowest BCUT2D eigenvalue weighted by molar-refractivity contribution is 0.102. The molecular weight excluding hydrogens is 330 g/mol. The molecule has 0 atom stereocenters. The van der Waals surface area contributed by atoms with Gasteiger partial charge in [-0.1, -0.05) is 13.8 Å². The number of nitrogens with zero attached hydrogens (tertiary/aromatic N) is 2. The predicted molar refractivity (Wildman–Crippen MR) is 102 cm³/mol. The molecule has 0 saturated carbocycles. The van der Waals surface area contributed by atoms with Crippen molar-refractivity contribution >= 4 is 17.3 Å². The molecule has 1 aliphatic rings. The lowest BCUT2D eigenvalue weighted by atomic mass is 10.2. The molecule has 1 N–H and O–H groups in total. The van der Waals surface area contributed by atoms with Gasteiger partial charge in [0.2, 0.25) is 0 Å². The number of rotatable bonds is 7. The second-order valence-corrected chi connectivity index (χ2v) is 6.20. The third-order valence-electron chi connectivity index (χ3n) is 4.13. The fourth-order valence-electron chi connectivity index (χ4n) is 2.97. The van der Waals surface area contributed by atoms with Crippen LogP contribution in [0.15, 0.2) is 36.5 Å². The van der Waals surface area contributed by atoms with Crippen LogP contribution in [-0.4, -0.2) is 37.2 Å². The lowest BCUT2D eigenvalue weighted by Gasteiger charge is -2.24. The SMILES string of the molecule is CCCN(CCC)c1ccnc(C(=O)Nc2ccc3c(c2)OCCO3)c1. The van der Waals surface area contributed by atoms with E-state index in [9.17, 15) is 4.79 Å². The number of carbonyl (C=O) groups excluding carboxylic acids is 1. The van der Waals surface area contributed by atoms with Gasteiger partial charge in [0.15, 0.2) is 11.5 Å². The molecular formula is C20H25N3O3. The van der Waals surface area contributed by atoms with Gasteiger partial charge < -0.3 is 19.7 Å². The molecule has 0 spiro atoms. The van der Waals surface area contributed by atoms with Crippen molar-refractivity contribution in [1.29, 1.82) is 0 Å². The first kappa shape index (κ1) is 18.0. The Labute approximate surface area is 154 Å². The largest absolute Gasteiger partial charge is 0.486 e. The van der Waals surface area contributed by atoms with Gasteiger partial charge in [-0.05, 0) is 37.1 Å². The van der Waals surface area contributed by atoms with Crippen LogP contribution in [0.1, 0.15) is 37.2 Å². The van der Waals surface area contributed by atoms with E-state index < -0.39 is 0 Å².